The van der Waals surface area contributed by atoms with Gasteiger partial charge in [-0.2, -0.15) is 0 Å². The van der Waals surface area contributed by atoms with Crippen molar-refractivity contribution in [3.63, 3.8) is 0 Å². The number of hydrogen-bond donors (Lipinski definition) is 1. The molecular weight excluding hydrogens is 264 g/mol. The van der Waals surface area contributed by atoms with Gasteiger partial charge in [0.1, 0.15) is 5.75 Å². The quantitative estimate of drug-likeness (QED) is 0.669. The van der Waals surface area contributed by atoms with Crippen LogP contribution in [0.4, 0.5) is 5.69 Å². The summed E-state index contributed by atoms with van der Waals surface area (Å²) in [6.07, 6.45) is 7.74. The molecule has 1 aromatic rings. The highest BCUT2D eigenvalue weighted by molar-refractivity contribution is 5.76. The summed E-state index contributed by atoms with van der Waals surface area (Å²) < 4.78 is 5.60. The van der Waals surface area contributed by atoms with Crippen molar-refractivity contribution >= 4 is 11.6 Å². The first-order valence-electron chi connectivity index (χ1n) is 7.91. The molecule has 2 rings (SSSR count). The Hall–Kier alpha value is -1.71. The second kappa shape index (κ2) is 7.91. The third kappa shape index (κ3) is 4.66. The molecule has 0 unspecified atom stereocenters. The maximum atomic E-state index is 12.2. The highest BCUT2D eigenvalue weighted by Gasteiger charge is 2.20. The first kappa shape index (κ1) is 15.7. The van der Waals surface area contributed by atoms with E-state index in [1.54, 1.807) is 6.07 Å². The molecule has 0 spiro atoms. The van der Waals surface area contributed by atoms with E-state index in [4.69, 9.17) is 10.5 Å². The summed E-state index contributed by atoms with van der Waals surface area (Å²) in [5, 5.41) is 0. The molecule has 0 aromatic heterocycles. The van der Waals surface area contributed by atoms with E-state index in [0.29, 0.717) is 30.5 Å². The first-order chi connectivity index (χ1) is 10.2. The van der Waals surface area contributed by atoms with Gasteiger partial charge in [0.15, 0.2) is 0 Å². The highest BCUT2D eigenvalue weighted by atomic mass is 16.5. The van der Waals surface area contributed by atoms with Gasteiger partial charge in [-0.15, -0.1) is 0 Å². The number of ether oxygens (including phenoxy) is 1. The number of nitrogens with two attached hydrogens (primary N) is 1. The molecule has 21 heavy (non-hydrogen) atoms. The van der Waals surface area contributed by atoms with Gasteiger partial charge < -0.3 is 15.4 Å². The number of carbonyl (C=O) groups is 1. The predicted molar refractivity (Wildman–Crippen MR) is 85.2 cm³/mol. The molecule has 0 aliphatic heterocycles. The molecule has 116 valence electrons. The zero-order valence-corrected chi connectivity index (χ0v) is 12.9. The van der Waals surface area contributed by atoms with Crippen molar-refractivity contribution in [2.75, 3.05) is 19.4 Å². The van der Waals surface area contributed by atoms with Crippen molar-refractivity contribution in [3.8, 4) is 5.75 Å². The molecule has 1 saturated carbocycles. The lowest BCUT2D eigenvalue weighted by atomic mass is 10.1. The fraction of sp³-hybridized carbons (Fsp3) is 0.588. The lowest BCUT2D eigenvalue weighted by Gasteiger charge is -2.27. The Morgan fingerprint density at radius 2 is 1.90 bits per heavy atom. The molecule has 1 aliphatic rings. The molecule has 4 heteroatoms. The maximum absolute atomic E-state index is 12.2. The summed E-state index contributed by atoms with van der Waals surface area (Å²) in [5.74, 6) is 0.818. The van der Waals surface area contributed by atoms with Crippen LogP contribution < -0.4 is 10.5 Å². The summed E-state index contributed by atoms with van der Waals surface area (Å²) in [5.41, 5.74) is 6.42. The standard InChI is InChI=1S/C17H26N2O2/c1-19(14-8-4-2-3-5-9-14)17(20)12-13-21-16-11-7-6-10-15(16)18/h6-7,10-11,14H,2-5,8-9,12-13,18H2,1H3. The van der Waals surface area contributed by atoms with Crippen LogP contribution >= 0.6 is 0 Å². The number of nitrogens with zero attached hydrogens (tertiary/aromatic N) is 1. The zero-order chi connectivity index (χ0) is 15.1. The lowest BCUT2D eigenvalue weighted by molar-refractivity contribution is -0.132. The van der Waals surface area contributed by atoms with Gasteiger partial charge in [-0.25, -0.2) is 0 Å². The minimum atomic E-state index is 0.163. The average Bonchev–Trinajstić information content (AvgIpc) is 2.77. The van der Waals surface area contributed by atoms with Crippen molar-refractivity contribution in [3.05, 3.63) is 24.3 Å². The lowest BCUT2D eigenvalue weighted by Crippen LogP contribution is -2.37. The number of rotatable bonds is 5. The fourth-order valence-electron chi connectivity index (χ4n) is 2.89. The molecule has 0 radical (unpaired) electrons. The van der Waals surface area contributed by atoms with Crippen molar-refractivity contribution < 1.29 is 9.53 Å². The monoisotopic (exact) mass is 290 g/mol. The van der Waals surface area contributed by atoms with E-state index in [0.717, 1.165) is 12.8 Å². The SMILES string of the molecule is CN(C(=O)CCOc1ccccc1N)C1CCCCCC1. The molecule has 1 fully saturated rings. The number of nitrogen functional groups attached to an aromatic ring is 1. The van der Waals surface area contributed by atoms with Crippen LogP contribution in [0.25, 0.3) is 0 Å². The third-order valence-electron chi connectivity index (χ3n) is 4.26. The molecule has 4 nitrogen and oxygen atoms in total. The Morgan fingerprint density at radius 3 is 2.57 bits per heavy atom. The van der Waals surface area contributed by atoms with Gasteiger partial charge in [-0.05, 0) is 25.0 Å². The van der Waals surface area contributed by atoms with Crippen LogP contribution in [0.3, 0.4) is 0 Å². The van der Waals surface area contributed by atoms with Crippen LogP contribution in [0.2, 0.25) is 0 Å². The van der Waals surface area contributed by atoms with Gasteiger partial charge in [0, 0.05) is 13.1 Å². The molecule has 1 aromatic carbocycles. The highest BCUT2D eigenvalue weighted by Crippen LogP contribution is 2.22. The van der Waals surface area contributed by atoms with Crippen LogP contribution in [0, 0.1) is 0 Å². The summed E-state index contributed by atoms with van der Waals surface area (Å²) in [4.78, 5) is 14.2. The Bertz CT molecular complexity index is 454. The van der Waals surface area contributed by atoms with E-state index >= 15 is 0 Å². The zero-order valence-electron chi connectivity index (χ0n) is 12.9. The van der Waals surface area contributed by atoms with Gasteiger partial charge in [0.2, 0.25) is 5.91 Å². The molecule has 2 N–H and O–H groups in total. The molecular formula is C17H26N2O2. The molecule has 0 saturated heterocycles. The molecule has 0 heterocycles. The minimum Gasteiger partial charge on any atom is -0.491 e. The van der Waals surface area contributed by atoms with Crippen molar-refractivity contribution in [2.24, 2.45) is 0 Å². The number of para-hydroxylation sites is 2. The number of amides is 1. The number of benzene rings is 1. The van der Waals surface area contributed by atoms with E-state index < -0.39 is 0 Å². The topological polar surface area (TPSA) is 55.6 Å². The van der Waals surface area contributed by atoms with E-state index in [9.17, 15) is 4.79 Å². The number of anilines is 1. The molecule has 0 atom stereocenters. The van der Waals surface area contributed by atoms with Gasteiger partial charge in [-0.1, -0.05) is 37.8 Å². The van der Waals surface area contributed by atoms with Crippen LogP contribution in [-0.4, -0.2) is 30.5 Å². The summed E-state index contributed by atoms with van der Waals surface area (Å²) in [6.45, 7) is 0.379. The number of carbonyl (C=O) groups excluding carboxylic acids is 1. The van der Waals surface area contributed by atoms with Gasteiger partial charge in [-0.3, -0.25) is 4.79 Å². The van der Waals surface area contributed by atoms with Crippen molar-refractivity contribution in [1.82, 2.24) is 4.90 Å². The maximum Gasteiger partial charge on any atom is 0.225 e. The van der Waals surface area contributed by atoms with E-state index in [-0.39, 0.29) is 5.91 Å². The molecule has 1 aliphatic carbocycles. The van der Waals surface area contributed by atoms with Crippen molar-refractivity contribution in [1.29, 1.82) is 0 Å². The summed E-state index contributed by atoms with van der Waals surface area (Å²) in [7, 11) is 1.93. The molecule has 1 amide bonds. The predicted octanol–water partition coefficient (Wildman–Crippen LogP) is 3.22. The minimum absolute atomic E-state index is 0.163. The summed E-state index contributed by atoms with van der Waals surface area (Å²) >= 11 is 0. The van der Waals surface area contributed by atoms with E-state index in [1.807, 2.05) is 30.1 Å². The Kier molecular flexibility index (Phi) is 5.90. The van der Waals surface area contributed by atoms with Gasteiger partial charge in [0.25, 0.3) is 0 Å². The number of hydrogen-bond acceptors (Lipinski definition) is 3. The second-order valence-corrected chi connectivity index (χ2v) is 5.79. The van der Waals surface area contributed by atoms with Crippen molar-refractivity contribution in [2.45, 2.75) is 51.0 Å². The van der Waals surface area contributed by atoms with E-state index in [1.165, 1.54) is 25.7 Å². The Labute approximate surface area is 127 Å². The molecule has 0 bridgehead atoms. The van der Waals surface area contributed by atoms with Gasteiger partial charge >= 0.3 is 0 Å². The van der Waals surface area contributed by atoms with Crippen LogP contribution in [-0.2, 0) is 4.79 Å². The van der Waals surface area contributed by atoms with Crippen LogP contribution in [0.1, 0.15) is 44.9 Å². The summed E-state index contributed by atoms with van der Waals surface area (Å²) in [6, 6.07) is 7.78. The smallest absolute Gasteiger partial charge is 0.225 e. The Balaban J connectivity index is 1.77. The van der Waals surface area contributed by atoms with Gasteiger partial charge in [0.05, 0.1) is 18.7 Å². The van der Waals surface area contributed by atoms with E-state index in [2.05, 4.69) is 0 Å². The average molecular weight is 290 g/mol. The van der Waals surface area contributed by atoms with Crippen LogP contribution in [0.15, 0.2) is 24.3 Å². The fourth-order valence-corrected chi connectivity index (χ4v) is 2.89. The second-order valence-electron chi connectivity index (χ2n) is 5.79. The normalized spacial score (nSPS) is 16.2. The largest absolute Gasteiger partial charge is 0.491 e. The first-order valence-corrected chi connectivity index (χ1v) is 7.91. The Morgan fingerprint density at radius 1 is 1.24 bits per heavy atom. The van der Waals surface area contributed by atoms with Crippen LogP contribution in [0.5, 0.6) is 5.75 Å². The third-order valence-corrected chi connectivity index (χ3v) is 4.26.